The molecule has 1 aliphatic carbocycles. The number of rotatable bonds is 3. The van der Waals surface area contributed by atoms with E-state index in [2.05, 4.69) is 37.2 Å². The highest BCUT2D eigenvalue weighted by atomic mass is 79.9. The zero-order valence-corrected chi connectivity index (χ0v) is 14.9. The number of carbonyl (C=O) groups excluding carboxylic acids is 1. The summed E-state index contributed by atoms with van der Waals surface area (Å²) in [5, 5.41) is 3.71. The van der Waals surface area contributed by atoms with Crippen LogP contribution >= 0.6 is 43.5 Å². The maximum atomic E-state index is 12.3. The Labute approximate surface area is 145 Å². The van der Waals surface area contributed by atoms with Crippen molar-refractivity contribution < 1.29 is 4.79 Å². The molecule has 1 N–H and O–H groups in total. The summed E-state index contributed by atoms with van der Waals surface area (Å²) in [5.74, 6) is 0.274. The van der Waals surface area contributed by atoms with E-state index in [0.29, 0.717) is 0 Å². The molecular weight excluding hydrogens is 417 g/mol. The topological polar surface area (TPSA) is 29.1 Å². The summed E-state index contributed by atoms with van der Waals surface area (Å²) < 4.78 is 1.83. The van der Waals surface area contributed by atoms with Crippen LogP contribution in [-0.2, 0) is 4.79 Å². The molecule has 0 aliphatic heterocycles. The van der Waals surface area contributed by atoms with Crippen molar-refractivity contribution in [3.05, 3.63) is 62.0 Å². The van der Waals surface area contributed by atoms with E-state index in [9.17, 15) is 4.79 Å². The molecule has 0 radical (unpaired) electrons. The monoisotopic (exact) mass is 427 g/mol. The summed E-state index contributed by atoms with van der Waals surface area (Å²) in [6.45, 7) is 0. The Morgan fingerprint density at radius 2 is 1.95 bits per heavy atom. The first kappa shape index (κ1) is 15.1. The van der Waals surface area contributed by atoms with E-state index in [0.717, 1.165) is 31.6 Å². The SMILES string of the molecule is O=C(Nc1ccc(Br)cc1Br)C1CC1c1ccccc1Cl. The van der Waals surface area contributed by atoms with Crippen LogP contribution in [0.4, 0.5) is 5.69 Å². The summed E-state index contributed by atoms with van der Waals surface area (Å²) in [5.41, 5.74) is 1.85. The number of amides is 1. The van der Waals surface area contributed by atoms with Crippen molar-refractivity contribution in [1.29, 1.82) is 0 Å². The number of benzene rings is 2. The van der Waals surface area contributed by atoms with Gasteiger partial charge < -0.3 is 5.32 Å². The van der Waals surface area contributed by atoms with Gasteiger partial charge in [0.2, 0.25) is 5.91 Å². The molecule has 0 aromatic heterocycles. The van der Waals surface area contributed by atoms with Gasteiger partial charge in [0.1, 0.15) is 0 Å². The molecule has 1 fully saturated rings. The van der Waals surface area contributed by atoms with Crippen LogP contribution in [0.3, 0.4) is 0 Å². The fourth-order valence-electron chi connectivity index (χ4n) is 2.42. The molecule has 21 heavy (non-hydrogen) atoms. The summed E-state index contributed by atoms with van der Waals surface area (Å²) >= 11 is 13.0. The molecule has 2 atom stereocenters. The number of anilines is 1. The second-order valence-corrected chi connectivity index (χ2v) is 7.26. The number of nitrogens with one attached hydrogen (secondary N) is 1. The van der Waals surface area contributed by atoms with Gasteiger partial charge in [0.15, 0.2) is 0 Å². The Bertz CT molecular complexity index is 704. The van der Waals surface area contributed by atoms with Crippen molar-refractivity contribution in [3.63, 3.8) is 0 Å². The summed E-state index contributed by atoms with van der Waals surface area (Å²) in [6, 6.07) is 13.4. The first-order valence-electron chi connectivity index (χ1n) is 6.56. The van der Waals surface area contributed by atoms with E-state index in [4.69, 9.17) is 11.6 Å². The minimum atomic E-state index is 0.000414. The maximum absolute atomic E-state index is 12.3. The smallest absolute Gasteiger partial charge is 0.228 e. The van der Waals surface area contributed by atoms with Crippen molar-refractivity contribution in [2.24, 2.45) is 5.92 Å². The van der Waals surface area contributed by atoms with Gasteiger partial charge in [0.25, 0.3) is 0 Å². The number of hydrogen-bond donors (Lipinski definition) is 1. The zero-order chi connectivity index (χ0) is 15.0. The summed E-state index contributed by atoms with van der Waals surface area (Å²) in [4.78, 5) is 12.3. The van der Waals surface area contributed by atoms with Crippen molar-refractivity contribution in [2.45, 2.75) is 12.3 Å². The third-order valence-corrected chi connectivity index (χ3v) is 5.11. The van der Waals surface area contributed by atoms with E-state index in [1.807, 2.05) is 42.5 Å². The molecule has 5 heteroatoms. The predicted molar refractivity (Wildman–Crippen MR) is 92.8 cm³/mol. The fraction of sp³-hybridized carbons (Fsp3) is 0.188. The van der Waals surface area contributed by atoms with Gasteiger partial charge >= 0.3 is 0 Å². The van der Waals surface area contributed by atoms with Gasteiger partial charge in [0, 0.05) is 19.9 Å². The molecule has 3 rings (SSSR count). The molecule has 1 saturated carbocycles. The van der Waals surface area contributed by atoms with Crippen LogP contribution in [-0.4, -0.2) is 5.91 Å². The first-order chi connectivity index (χ1) is 10.1. The van der Waals surface area contributed by atoms with Crippen molar-refractivity contribution in [2.75, 3.05) is 5.32 Å². The zero-order valence-electron chi connectivity index (χ0n) is 10.9. The molecule has 0 heterocycles. The molecular formula is C16H12Br2ClNO. The lowest BCUT2D eigenvalue weighted by Gasteiger charge is -2.08. The van der Waals surface area contributed by atoms with Gasteiger partial charge in [-0.25, -0.2) is 0 Å². The summed E-state index contributed by atoms with van der Waals surface area (Å²) in [7, 11) is 0. The van der Waals surface area contributed by atoms with Gasteiger partial charge in [-0.05, 0) is 58.1 Å². The van der Waals surface area contributed by atoms with Gasteiger partial charge in [0.05, 0.1) is 5.69 Å². The maximum Gasteiger partial charge on any atom is 0.228 e. The normalized spacial score (nSPS) is 20.1. The molecule has 108 valence electrons. The Balaban J connectivity index is 1.70. The second kappa shape index (κ2) is 6.11. The fourth-order valence-corrected chi connectivity index (χ4v) is 3.84. The van der Waals surface area contributed by atoms with E-state index in [-0.39, 0.29) is 17.7 Å². The number of halogens is 3. The van der Waals surface area contributed by atoms with Crippen LogP contribution in [0.2, 0.25) is 5.02 Å². The van der Waals surface area contributed by atoms with Crippen LogP contribution in [0.1, 0.15) is 17.9 Å². The Morgan fingerprint density at radius 1 is 1.19 bits per heavy atom. The largest absolute Gasteiger partial charge is 0.325 e. The van der Waals surface area contributed by atoms with Gasteiger partial charge in [-0.1, -0.05) is 45.7 Å². The van der Waals surface area contributed by atoms with Crippen LogP contribution in [0.15, 0.2) is 51.4 Å². The molecule has 2 aromatic rings. The second-order valence-electron chi connectivity index (χ2n) is 5.08. The molecule has 2 aromatic carbocycles. The van der Waals surface area contributed by atoms with Gasteiger partial charge in [-0.2, -0.15) is 0 Å². The van der Waals surface area contributed by atoms with Crippen LogP contribution in [0.5, 0.6) is 0 Å². The third kappa shape index (κ3) is 3.33. The standard InChI is InChI=1S/C16H12Br2ClNO/c17-9-5-6-15(13(18)7-9)20-16(21)12-8-11(12)10-3-1-2-4-14(10)19/h1-7,11-12H,8H2,(H,20,21). The molecule has 0 saturated heterocycles. The van der Waals surface area contributed by atoms with E-state index >= 15 is 0 Å². The predicted octanol–water partition coefficient (Wildman–Crippen LogP) is 5.61. The van der Waals surface area contributed by atoms with E-state index in [1.165, 1.54) is 0 Å². The highest BCUT2D eigenvalue weighted by Crippen LogP contribution is 2.50. The summed E-state index contributed by atoms with van der Waals surface area (Å²) in [6.07, 6.45) is 0.851. The minimum absolute atomic E-state index is 0.000414. The van der Waals surface area contributed by atoms with Crippen molar-refractivity contribution in [3.8, 4) is 0 Å². The van der Waals surface area contributed by atoms with Gasteiger partial charge in [-0.3, -0.25) is 4.79 Å². The molecule has 1 amide bonds. The quantitative estimate of drug-likeness (QED) is 0.675. The molecule has 0 spiro atoms. The molecule has 1 aliphatic rings. The average molecular weight is 430 g/mol. The highest BCUT2D eigenvalue weighted by Gasteiger charge is 2.44. The Morgan fingerprint density at radius 3 is 2.67 bits per heavy atom. The third-order valence-electron chi connectivity index (χ3n) is 3.62. The van der Waals surface area contributed by atoms with Crippen LogP contribution in [0.25, 0.3) is 0 Å². The molecule has 2 unspecified atom stereocenters. The highest BCUT2D eigenvalue weighted by molar-refractivity contribution is 9.11. The van der Waals surface area contributed by atoms with E-state index < -0.39 is 0 Å². The lowest BCUT2D eigenvalue weighted by molar-refractivity contribution is -0.117. The van der Waals surface area contributed by atoms with Gasteiger partial charge in [-0.15, -0.1) is 0 Å². The molecule has 2 nitrogen and oxygen atoms in total. The lowest BCUT2D eigenvalue weighted by atomic mass is 10.1. The minimum Gasteiger partial charge on any atom is -0.325 e. The average Bonchev–Trinajstić information content (AvgIpc) is 3.23. The molecule has 0 bridgehead atoms. The number of hydrogen-bond acceptors (Lipinski definition) is 1. The van der Waals surface area contributed by atoms with Crippen LogP contribution in [0, 0.1) is 5.92 Å². The first-order valence-corrected chi connectivity index (χ1v) is 8.53. The van der Waals surface area contributed by atoms with Crippen molar-refractivity contribution in [1.82, 2.24) is 0 Å². The Kier molecular flexibility index (Phi) is 4.38. The Hall–Kier alpha value is -0.840. The number of carbonyl (C=O) groups is 1. The van der Waals surface area contributed by atoms with E-state index in [1.54, 1.807) is 0 Å². The van der Waals surface area contributed by atoms with Crippen LogP contribution < -0.4 is 5.32 Å². The van der Waals surface area contributed by atoms with Crippen molar-refractivity contribution >= 4 is 55.1 Å². The lowest BCUT2D eigenvalue weighted by Crippen LogP contribution is -2.15.